The largest absolute Gasteiger partial charge is 0.392 e. The summed E-state index contributed by atoms with van der Waals surface area (Å²) in [5.41, 5.74) is 6.88. The number of hydrogen-bond acceptors (Lipinski definition) is 12. The number of morpholine rings is 1. The molecule has 12 nitrogen and oxygen atoms in total. The van der Waals surface area contributed by atoms with Gasteiger partial charge in [0.15, 0.2) is 0 Å². The van der Waals surface area contributed by atoms with E-state index in [1.165, 1.54) is 132 Å². The zero-order valence-corrected chi connectivity index (χ0v) is 65.4. The lowest BCUT2D eigenvalue weighted by molar-refractivity contribution is 0.0623. The number of anilines is 1. The highest BCUT2D eigenvalue weighted by molar-refractivity contribution is 5.56. The lowest BCUT2D eigenvalue weighted by Gasteiger charge is -2.41. The maximum atomic E-state index is 9.09. The Kier molecular flexibility index (Phi) is 38.9. The van der Waals surface area contributed by atoms with Crippen LogP contribution in [0.1, 0.15) is 253 Å². The Balaban J connectivity index is 0.000000223. The van der Waals surface area contributed by atoms with Crippen molar-refractivity contribution < 1.29 is 9.84 Å². The molecule has 9 saturated heterocycles. The van der Waals surface area contributed by atoms with E-state index in [0.717, 1.165) is 123 Å². The van der Waals surface area contributed by atoms with Crippen molar-refractivity contribution in [1.29, 1.82) is 0 Å². The molecule has 11 atom stereocenters. The normalized spacial score (nSPS) is 30.5. The van der Waals surface area contributed by atoms with E-state index in [1.807, 2.05) is 0 Å². The van der Waals surface area contributed by atoms with E-state index in [-0.39, 0.29) is 6.10 Å². The van der Waals surface area contributed by atoms with E-state index < -0.39 is 0 Å². The van der Waals surface area contributed by atoms with Gasteiger partial charge in [-0.25, -0.2) is 0 Å². The number of ether oxygens (including phenoxy) is 1. The Bertz CT molecular complexity index is 2140. The van der Waals surface area contributed by atoms with Crippen LogP contribution in [-0.2, 0) is 17.7 Å². The average Bonchev–Trinajstić information content (AvgIpc) is 1.61. The molecule has 0 aromatic heterocycles. The zero-order chi connectivity index (χ0) is 69.7. The summed E-state index contributed by atoms with van der Waals surface area (Å²) in [7, 11) is 0. The van der Waals surface area contributed by atoms with Gasteiger partial charge < -0.3 is 63.0 Å². The van der Waals surface area contributed by atoms with Gasteiger partial charge in [0.25, 0.3) is 0 Å². The van der Waals surface area contributed by atoms with Crippen LogP contribution in [0.2, 0.25) is 0 Å². The molecule has 546 valence electrons. The summed E-state index contributed by atoms with van der Waals surface area (Å²) in [6.45, 7) is 64.3. The number of para-hydroxylation sites is 1. The molecule has 11 heterocycles. The molecule has 0 spiro atoms. The molecule has 12 heteroatoms. The fourth-order valence-corrected chi connectivity index (χ4v) is 14.9. The summed E-state index contributed by atoms with van der Waals surface area (Å²) in [5.74, 6) is 9.65. The van der Waals surface area contributed by atoms with Crippen molar-refractivity contribution in [2.75, 3.05) is 70.9 Å². The van der Waals surface area contributed by atoms with E-state index >= 15 is 0 Å². The molecule has 5 unspecified atom stereocenters. The summed E-state index contributed by atoms with van der Waals surface area (Å²) in [6.07, 6.45) is 16.0. The van der Waals surface area contributed by atoms with Crippen LogP contribution in [0.3, 0.4) is 0 Å². The zero-order valence-electron chi connectivity index (χ0n) is 65.4. The number of nitrogens with one attached hydrogen (secondary N) is 10. The van der Waals surface area contributed by atoms with E-state index in [2.05, 4.69) is 261 Å². The van der Waals surface area contributed by atoms with Gasteiger partial charge in [0.05, 0.1) is 19.3 Å². The lowest BCUT2D eigenvalue weighted by Crippen LogP contribution is -2.47. The fraction of sp³-hybridized carbons (Fsp3) is 0.854. The summed E-state index contributed by atoms with van der Waals surface area (Å²) < 4.78 is 5.28. The number of hydrogen-bond donors (Lipinski definition) is 11. The van der Waals surface area contributed by atoms with Crippen molar-refractivity contribution >= 4 is 5.69 Å². The van der Waals surface area contributed by atoms with Crippen molar-refractivity contribution in [2.45, 2.75) is 309 Å². The second kappa shape index (κ2) is 43.5. The Hall–Kier alpha value is -2.20. The van der Waals surface area contributed by atoms with Crippen LogP contribution >= 0.6 is 0 Å². The lowest BCUT2D eigenvalue weighted by atomic mass is 9.67. The van der Waals surface area contributed by atoms with Crippen LogP contribution < -0.4 is 53.2 Å². The summed E-state index contributed by atoms with van der Waals surface area (Å²) in [6, 6.07) is 23.6. The molecule has 1 aliphatic carbocycles. The third-order valence-electron chi connectivity index (χ3n) is 22.4. The molecular formula is C82H156N10O2. The first kappa shape index (κ1) is 84.2. The Labute approximate surface area is 581 Å². The van der Waals surface area contributed by atoms with Crippen molar-refractivity contribution in [3.8, 4) is 0 Å². The first-order valence-electron chi connectivity index (χ1n) is 39.2. The van der Waals surface area contributed by atoms with E-state index in [4.69, 9.17) is 9.84 Å². The topological polar surface area (TPSA) is 150 Å². The highest BCUT2D eigenvalue weighted by Gasteiger charge is 2.51. The smallest absolute Gasteiger partial charge is 0.0679 e. The molecule has 11 N–H and O–H groups in total. The second-order valence-electron chi connectivity index (χ2n) is 34.7. The number of aliphatic hydroxyl groups excluding tert-OH is 1. The number of aliphatic hydroxyl groups is 1. The molecule has 94 heavy (non-hydrogen) atoms. The first-order valence-corrected chi connectivity index (χ1v) is 39.2. The van der Waals surface area contributed by atoms with E-state index in [0.29, 0.717) is 52.9 Å². The van der Waals surface area contributed by atoms with Crippen LogP contribution in [-0.4, -0.2) is 131 Å². The summed E-state index contributed by atoms with van der Waals surface area (Å²) in [4.78, 5) is 0. The third-order valence-corrected chi connectivity index (χ3v) is 22.4. The minimum atomic E-state index is -0.0996. The molecule has 2 aromatic carbocycles. The highest BCUT2D eigenvalue weighted by atomic mass is 16.5. The molecule has 2 aromatic rings. The van der Waals surface area contributed by atoms with Crippen molar-refractivity contribution in [1.82, 2.24) is 47.9 Å². The van der Waals surface area contributed by atoms with Gasteiger partial charge in [-0.2, -0.15) is 0 Å². The molecule has 12 aliphatic rings. The molecule has 0 radical (unpaired) electrons. The minimum absolute atomic E-state index is 0.0996. The molecule has 2 bridgehead atoms. The fourth-order valence-electron chi connectivity index (χ4n) is 14.9. The molecule has 0 amide bonds. The predicted octanol–water partition coefficient (Wildman–Crippen LogP) is 15.4. The van der Waals surface area contributed by atoms with Crippen molar-refractivity contribution in [2.24, 2.45) is 76.4 Å². The minimum Gasteiger partial charge on any atom is -0.392 e. The molecule has 1 saturated carbocycles. The van der Waals surface area contributed by atoms with Crippen molar-refractivity contribution in [3.05, 3.63) is 65.2 Å². The van der Waals surface area contributed by atoms with Crippen LogP contribution in [0.5, 0.6) is 0 Å². The number of fused-ring (bicyclic) bond motifs is 3. The first-order chi connectivity index (χ1) is 44.4. The van der Waals surface area contributed by atoms with Crippen molar-refractivity contribution in [3.63, 3.8) is 0 Å². The van der Waals surface area contributed by atoms with Crippen LogP contribution in [0.15, 0.2) is 48.5 Å². The van der Waals surface area contributed by atoms with Gasteiger partial charge in [-0.1, -0.05) is 208 Å². The Morgan fingerprint density at radius 1 is 0.457 bits per heavy atom. The summed E-state index contributed by atoms with van der Waals surface area (Å²) in [5, 5.41) is 43.8. The maximum absolute atomic E-state index is 9.09. The molecule has 10 fully saturated rings. The Morgan fingerprint density at radius 3 is 1.31 bits per heavy atom. The number of β-amino-alcohol motifs (C(OH)–C–C–N with tert-alkyl or cyclic N) is 1. The Morgan fingerprint density at radius 2 is 0.968 bits per heavy atom. The second-order valence-corrected chi connectivity index (χ2v) is 34.7. The average molecular weight is 1310 g/mol. The quantitative estimate of drug-likeness (QED) is 0.110. The van der Waals surface area contributed by atoms with Gasteiger partial charge in [-0.15, -0.1) is 0 Å². The van der Waals surface area contributed by atoms with E-state index in [1.54, 1.807) is 0 Å². The predicted molar refractivity (Wildman–Crippen MR) is 409 cm³/mol. The molecule has 11 aliphatic heterocycles. The summed E-state index contributed by atoms with van der Waals surface area (Å²) >= 11 is 0. The van der Waals surface area contributed by atoms with Crippen LogP contribution in [0, 0.1) is 76.4 Å². The number of benzene rings is 2. The van der Waals surface area contributed by atoms with Gasteiger partial charge >= 0.3 is 0 Å². The number of rotatable bonds is 10. The van der Waals surface area contributed by atoms with Gasteiger partial charge in [-0.3, -0.25) is 0 Å². The van der Waals surface area contributed by atoms with Crippen LogP contribution in [0.4, 0.5) is 5.69 Å². The van der Waals surface area contributed by atoms with Gasteiger partial charge in [0, 0.05) is 91.8 Å². The van der Waals surface area contributed by atoms with Gasteiger partial charge in [0.2, 0.25) is 0 Å². The van der Waals surface area contributed by atoms with E-state index in [9.17, 15) is 0 Å². The third kappa shape index (κ3) is 30.3. The molecule has 14 rings (SSSR count). The highest BCUT2D eigenvalue weighted by Crippen LogP contribution is 2.48. The number of piperidine rings is 1. The standard InChI is InChI=1S/2C11H15N.C9H19N.C8H15N.2C8H17N.2C7H15NO.C7H15N.C6H13N/c1-8(2)11-10-6-4-3-5-9(10)7-12-11;1-8(2)11-7-9-5-3-4-6-10(9)12-11;1-7(2)8-5-9(3,4)6-10-8;1-6(2)8-3-7(4-8)5-9-8;1-6(2)8-4-7(3)5-9-8;1-7(2)8-5-3-4-6-9-8;1-5(2)7-3-6(9)4-8-7;1-6(2)7-5-9-4-3-8-7;1-6(2)7-4-3-5-8-7;1-5(2)6-3-4-7-6/h2*3-6,8,11-12H,7H2,1-2H3;7-8,10H,5-6H2,1-4H3;6-7,9H,3-5H2,1-2H3;6-9H,4-5H2,1-3H3;7-9H,3-6H2,1-2H3;5-9H,3-4H2,1-2H3;6-8H,3-5H2,1-2H3;6-8H,3-5H2,1-2H3;5-7H,3-4H2,1-2H3/t2*11-;;;7-,8+;8-;;;7-;/m10..10..0./s1. The SMILES string of the molecule is CC(C)C12CC(CN1)C2.CC(C)C1CC(C)(C)CN1.CC(C)C1CC(O)CN1.CC(C)C1CCN1.CC(C)C1COCCN1.CC(C)[C@@H]1CCCCN1.CC(C)[C@@H]1CCCN1.CC(C)[C@@H]1C[C@@H](C)CN1.CC(C)[C@@H]1Cc2ccccc2N1.CC(C)[C@H]1NCc2ccccc21. The van der Waals surface area contributed by atoms with Crippen LogP contribution in [0.25, 0.3) is 0 Å². The monoisotopic (exact) mass is 1310 g/mol. The maximum Gasteiger partial charge on any atom is 0.0679 e. The van der Waals surface area contributed by atoms with Gasteiger partial charge in [0.1, 0.15) is 0 Å². The van der Waals surface area contributed by atoms with Gasteiger partial charge in [-0.05, 0) is 203 Å². The molecular weight excluding hydrogens is 1160 g/mol.